The second-order valence-corrected chi connectivity index (χ2v) is 5.59. The first-order chi connectivity index (χ1) is 9.26. The quantitative estimate of drug-likeness (QED) is 0.846. The zero-order valence-corrected chi connectivity index (χ0v) is 12.4. The number of aryl methyl sites for hydroxylation is 1. The van der Waals surface area contributed by atoms with Crippen molar-refractivity contribution in [1.82, 2.24) is 14.5 Å². The molecule has 1 atom stereocenters. The molecule has 0 saturated carbocycles. The maximum atomic E-state index is 5.98. The van der Waals surface area contributed by atoms with Crippen molar-refractivity contribution in [2.45, 2.75) is 32.5 Å². The lowest BCUT2D eigenvalue weighted by molar-refractivity contribution is 0.232. The molecule has 2 heterocycles. The van der Waals surface area contributed by atoms with Gasteiger partial charge in [-0.3, -0.25) is 4.90 Å². The van der Waals surface area contributed by atoms with Crippen LogP contribution in [0, 0.1) is 0 Å². The summed E-state index contributed by atoms with van der Waals surface area (Å²) in [6.45, 7) is 4.70. The fourth-order valence-electron chi connectivity index (χ4n) is 2.34. The van der Waals surface area contributed by atoms with Crippen molar-refractivity contribution in [3.63, 3.8) is 0 Å². The molecule has 0 aliphatic heterocycles. The van der Waals surface area contributed by atoms with E-state index in [2.05, 4.69) is 45.2 Å². The van der Waals surface area contributed by atoms with Crippen molar-refractivity contribution >= 4 is 11.3 Å². The van der Waals surface area contributed by atoms with Crippen LogP contribution in [-0.4, -0.2) is 28.0 Å². The lowest BCUT2D eigenvalue weighted by atomic mass is 10.1. The number of thiophene rings is 1. The van der Waals surface area contributed by atoms with Crippen molar-refractivity contribution in [3.8, 4) is 0 Å². The van der Waals surface area contributed by atoms with Gasteiger partial charge < -0.3 is 10.3 Å². The largest absolute Gasteiger partial charge is 0.333 e. The van der Waals surface area contributed by atoms with Crippen molar-refractivity contribution in [3.05, 3.63) is 40.6 Å². The third kappa shape index (κ3) is 3.43. The average Bonchev–Trinajstić information content (AvgIpc) is 3.03. The zero-order chi connectivity index (χ0) is 13.7. The van der Waals surface area contributed by atoms with E-state index in [0.717, 1.165) is 19.5 Å². The van der Waals surface area contributed by atoms with E-state index in [9.17, 15) is 0 Å². The molecular formula is C14H22N4S. The Morgan fingerprint density at radius 3 is 3.00 bits per heavy atom. The summed E-state index contributed by atoms with van der Waals surface area (Å²) >= 11 is 1.73. The zero-order valence-electron chi connectivity index (χ0n) is 11.6. The SMILES string of the molecule is CCCn1cncc1C(CN)N(C)Cc1ccsc1. The standard InChI is InChI=1S/C14H22N4S/c1-3-5-18-11-16-8-14(18)13(7-15)17(2)9-12-4-6-19-10-12/h4,6,8,10-11,13H,3,5,7,9,15H2,1-2H3. The van der Waals surface area contributed by atoms with Gasteiger partial charge in [0.05, 0.1) is 18.1 Å². The minimum absolute atomic E-state index is 0.217. The van der Waals surface area contributed by atoms with Gasteiger partial charge in [-0.15, -0.1) is 0 Å². The normalized spacial score (nSPS) is 13.1. The molecule has 0 spiro atoms. The van der Waals surface area contributed by atoms with Crippen LogP contribution >= 0.6 is 11.3 Å². The molecule has 4 nitrogen and oxygen atoms in total. The summed E-state index contributed by atoms with van der Waals surface area (Å²) in [5.41, 5.74) is 8.53. The number of nitrogens with two attached hydrogens (primary N) is 1. The number of nitrogens with zero attached hydrogens (tertiary/aromatic N) is 3. The molecule has 104 valence electrons. The van der Waals surface area contributed by atoms with Gasteiger partial charge >= 0.3 is 0 Å². The summed E-state index contributed by atoms with van der Waals surface area (Å²) in [6, 6.07) is 2.38. The van der Waals surface area contributed by atoms with Crippen molar-refractivity contribution in [2.24, 2.45) is 5.73 Å². The van der Waals surface area contributed by atoms with Crippen LogP contribution in [0.3, 0.4) is 0 Å². The van der Waals surface area contributed by atoms with Crippen LogP contribution in [0.2, 0.25) is 0 Å². The number of imidazole rings is 1. The topological polar surface area (TPSA) is 47.1 Å². The molecule has 19 heavy (non-hydrogen) atoms. The van der Waals surface area contributed by atoms with E-state index in [4.69, 9.17) is 5.73 Å². The lowest BCUT2D eigenvalue weighted by Crippen LogP contribution is -2.31. The first-order valence-corrected chi connectivity index (χ1v) is 7.62. The highest BCUT2D eigenvalue weighted by molar-refractivity contribution is 7.07. The maximum absolute atomic E-state index is 5.98. The fourth-order valence-corrected chi connectivity index (χ4v) is 3.00. The predicted molar refractivity (Wildman–Crippen MR) is 80.1 cm³/mol. The first kappa shape index (κ1) is 14.2. The second-order valence-electron chi connectivity index (χ2n) is 4.81. The molecule has 0 aliphatic rings. The number of likely N-dealkylation sites (N-methyl/N-ethyl adjacent to an activating group) is 1. The van der Waals surface area contributed by atoms with Gasteiger partial charge in [-0.05, 0) is 35.9 Å². The van der Waals surface area contributed by atoms with Crippen LogP contribution in [0.5, 0.6) is 0 Å². The Hall–Kier alpha value is -1.17. The molecule has 0 saturated heterocycles. The van der Waals surface area contributed by atoms with Crippen LogP contribution in [0.25, 0.3) is 0 Å². The van der Waals surface area contributed by atoms with Gasteiger partial charge in [0, 0.05) is 25.8 Å². The van der Waals surface area contributed by atoms with E-state index in [-0.39, 0.29) is 6.04 Å². The van der Waals surface area contributed by atoms with Crippen LogP contribution < -0.4 is 5.73 Å². The molecule has 5 heteroatoms. The van der Waals surface area contributed by atoms with E-state index >= 15 is 0 Å². The van der Waals surface area contributed by atoms with E-state index in [1.54, 1.807) is 11.3 Å². The van der Waals surface area contributed by atoms with Gasteiger partial charge in [-0.25, -0.2) is 4.98 Å². The van der Waals surface area contributed by atoms with E-state index in [1.807, 2.05) is 12.5 Å². The molecule has 2 rings (SSSR count). The number of hydrogen-bond acceptors (Lipinski definition) is 4. The summed E-state index contributed by atoms with van der Waals surface area (Å²) in [7, 11) is 2.12. The first-order valence-electron chi connectivity index (χ1n) is 6.67. The number of aromatic nitrogens is 2. The maximum Gasteiger partial charge on any atom is 0.0948 e. The van der Waals surface area contributed by atoms with Crippen LogP contribution in [-0.2, 0) is 13.1 Å². The number of hydrogen-bond donors (Lipinski definition) is 1. The second kappa shape index (κ2) is 6.84. The van der Waals surface area contributed by atoms with Crippen molar-refractivity contribution < 1.29 is 0 Å². The predicted octanol–water partition coefficient (Wildman–Crippen LogP) is 2.49. The Morgan fingerprint density at radius 1 is 1.53 bits per heavy atom. The summed E-state index contributed by atoms with van der Waals surface area (Å²) in [5, 5.41) is 4.30. The van der Waals surface area contributed by atoms with E-state index < -0.39 is 0 Å². The minimum atomic E-state index is 0.217. The molecule has 2 aromatic heterocycles. The fraction of sp³-hybridized carbons (Fsp3) is 0.500. The lowest BCUT2D eigenvalue weighted by Gasteiger charge is -2.27. The molecule has 0 fully saturated rings. The van der Waals surface area contributed by atoms with Gasteiger partial charge in [0.15, 0.2) is 0 Å². The minimum Gasteiger partial charge on any atom is -0.333 e. The van der Waals surface area contributed by atoms with Gasteiger partial charge in [-0.2, -0.15) is 11.3 Å². The summed E-state index contributed by atoms with van der Waals surface area (Å²) in [6.07, 6.45) is 4.95. The molecule has 0 bridgehead atoms. The molecular weight excluding hydrogens is 256 g/mol. The molecule has 2 aromatic rings. The van der Waals surface area contributed by atoms with Crippen LogP contribution in [0.1, 0.15) is 30.6 Å². The Bertz CT molecular complexity index is 477. The monoisotopic (exact) mass is 278 g/mol. The summed E-state index contributed by atoms with van der Waals surface area (Å²) in [5.74, 6) is 0. The molecule has 2 N–H and O–H groups in total. The Balaban J connectivity index is 2.12. The molecule has 0 radical (unpaired) electrons. The van der Waals surface area contributed by atoms with Gasteiger partial charge in [0.2, 0.25) is 0 Å². The van der Waals surface area contributed by atoms with Crippen LogP contribution in [0.15, 0.2) is 29.4 Å². The van der Waals surface area contributed by atoms with Gasteiger partial charge in [-0.1, -0.05) is 6.92 Å². The van der Waals surface area contributed by atoms with Crippen LogP contribution in [0.4, 0.5) is 0 Å². The Labute approximate surface area is 118 Å². The smallest absolute Gasteiger partial charge is 0.0948 e. The average molecular weight is 278 g/mol. The highest BCUT2D eigenvalue weighted by Gasteiger charge is 2.19. The Kier molecular flexibility index (Phi) is 5.13. The van der Waals surface area contributed by atoms with E-state index in [1.165, 1.54) is 11.3 Å². The van der Waals surface area contributed by atoms with Crippen molar-refractivity contribution in [2.75, 3.05) is 13.6 Å². The third-order valence-electron chi connectivity index (χ3n) is 3.32. The van der Waals surface area contributed by atoms with Gasteiger partial charge in [0.25, 0.3) is 0 Å². The van der Waals surface area contributed by atoms with Crippen molar-refractivity contribution in [1.29, 1.82) is 0 Å². The van der Waals surface area contributed by atoms with Gasteiger partial charge in [0.1, 0.15) is 0 Å². The van der Waals surface area contributed by atoms with E-state index in [0.29, 0.717) is 6.54 Å². The summed E-state index contributed by atoms with van der Waals surface area (Å²) in [4.78, 5) is 6.57. The number of rotatable bonds is 7. The molecule has 0 aliphatic carbocycles. The molecule has 0 amide bonds. The highest BCUT2D eigenvalue weighted by Crippen LogP contribution is 2.21. The molecule has 1 unspecified atom stereocenters. The highest BCUT2D eigenvalue weighted by atomic mass is 32.1. The third-order valence-corrected chi connectivity index (χ3v) is 4.05. The Morgan fingerprint density at radius 2 is 2.37 bits per heavy atom. The summed E-state index contributed by atoms with van der Waals surface area (Å²) < 4.78 is 2.21. The molecule has 0 aromatic carbocycles.